The molecule has 0 atom stereocenters. The van der Waals surface area contributed by atoms with Crippen LogP contribution in [0.5, 0.6) is 0 Å². The Morgan fingerprint density at radius 3 is 2.68 bits per heavy atom. The van der Waals surface area contributed by atoms with Crippen molar-refractivity contribution in [3.05, 3.63) is 18.1 Å². The van der Waals surface area contributed by atoms with Crippen molar-refractivity contribution in [3.63, 3.8) is 0 Å². The predicted octanol–water partition coefficient (Wildman–Crippen LogP) is 0.606. The molecule has 0 unspecified atom stereocenters. The lowest BCUT2D eigenvalue weighted by Crippen LogP contribution is -2.34. The molecule has 2 heterocycles. The van der Waals surface area contributed by atoms with Crippen molar-refractivity contribution in [3.8, 4) is 0 Å². The van der Waals surface area contributed by atoms with E-state index in [4.69, 9.17) is 5.73 Å². The number of nitrogens with one attached hydrogen (secondary N) is 1. The zero-order chi connectivity index (χ0) is 13.7. The monoisotopic (exact) mass is 263 g/mol. The van der Waals surface area contributed by atoms with Gasteiger partial charge in [-0.25, -0.2) is 4.98 Å². The fourth-order valence-corrected chi connectivity index (χ4v) is 2.43. The van der Waals surface area contributed by atoms with Crippen LogP contribution in [0.2, 0.25) is 0 Å². The van der Waals surface area contributed by atoms with Gasteiger partial charge < -0.3 is 11.1 Å². The van der Waals surface area contributed by atoms with Crippen molar-refractivity contribution in [1.82, 2.24) is 14.9 Å². The van der Waals surface area contributed by atoms with Crippen LogP contribution in [0.4, 0.5) is 5.82 Å². The first-order chi connectivity index (χ1) is 9.17. The van der Waals surface area contributed by atoms with Crippen molar-refractivity contribution in [1.29, 1.82) is 0 Å². The molecule has 6 heteroatoms. The third-order valence-electron chi connectivity index (χ3n) is 3.54. The van der Waals surface area contributed by atoms with Crippen LogP contribution in [0.3, 0.4) is 0 Å². The zero-order valence-electron chi connectivity index (χ0n) is 11.3. The predicted molar refractivity (Wildman–Crippen MR) is 73.4 cm³/mol. The maximum Gasteiger partial charge on any atom is 0.217 e. The smallest absolute Gasteiger partial charge is 0.217 e. The molecule has 104 valence electrons. The maximum absolute atomic E-state index is 10.9. The van der Waals surface area contributed by atoms with Gasteiger partial charge in [-0.15, -0.1) is 0 Å². The van der Waals surface area contributed by atoms with Crippen molar-refractivity contribution < 1.29 is 4.79 Å². The van der Waals surface area contributed by atoms with E-state index >= 15 is 0 Å². The first-order valence-electron chi connectivity index (χ1n) is 6.66. The third kappa shape index (κ3) is 4.17. The largest absolute Gasteiger partial charge is 0.372 e. The van der Waals surface area contributed by atoms with E-state index in [-0.39, 0.29) is 5.91 Å². The van der Waals surface area contributed by atoms with Gasteiger partial charge in [-0.3, -0.25) is 14.7 Å². The summed E-state index contributed by atoms with van der Waals surface area (Å²) in [5.74, 6) is 1.04. The summed E-state index contributed by atoms with van der Waals surface area (Å²) in [7, 11) is 1.83. The lowest BCUT2D eigenvalue weighted by molar-refractivity contribution is -0.119. The van der Waals surface area contributed by atoms with Gasteiger partial charge >= 0.3 is 0 Å². The van der Waals surface area contributed by atoms with E-state index in [9.17, 15) is 4.79 Å². The highest BCUT2D eigenvalue weighted by Crippen LogP contribution is 2.21. The molecular weight excluding hydrogens is 242 g/mol. The number of hydrogen-bond donors (Lipinski definition) is 2. The molecule has 1 saturated heterocycles. The average Bonchev–Trinajstić information content (AvgIpc) is 2.41. The minimum Gasteiger partial charge on any atom is -0.372 e. The second-order valence-corrected chi connectivity index (χ2v) is 5.03. The summed E-state index contributed by atoms with van der Waals surface area (Å²) in [6.07, 6.45) is 6.14. The van der Waals surface area contributed by atoms with Crippen LogP contribution in [-0.2, 0) is 11.3 Å². The topological polar surface area (TPSA) is 84.1 Å². The van der Waals surface area contributed by atoms with Crippen LogP contribution in [-0.4, -0.2) is 40.9 Å². The summed E-state index contributed by atoms with van der Waals surface area (Å²) in [6, 6.07) is 0. The maximum atomic E-state index is 10.9. The molecule has 0 aliphatic carbocycles. The van der Waals surface area contributed by atoms with Crippen LogP contribution in [0, 0.1) is 5.92 Å². The first-order valence-corrected chi connectivity index (χ1v) is 6.66. The molecule has 2 rings (SSSR count). The van der Waals surface area contributed by atoms with Gasteiger partial charge in [0.05, 0.1) is 18.1 Å². The molecule has 6 nitrogen and oxygen atoms in total. The Labute approximate surface area is 113 Å². The van der Waals surface area contributed by atoms with E-state index in [1.54, 1.807) is 12.4 Å². The fourth-order valence-electron chi connectivity index (χ4n) is 2.43. The molecule has 1 aromatic rings. The van der Waals surface area contributed by atoms with Crippen LogP contribution in [0.1, 0.15) is 25.0 Å². The Hall–Kier alpha value is -1.69. The lowest BCUT2D eigenvalue weighted by Gasteiger charge is -2.31. The number of carbonyl (C=O) groups is 1. The van der Waals surface area contributed by atoms with E-state index in [0.29, 0.717) is 12.3 Å². The average molecular weight is 263 g/mol. The summed E-state index contributed by atoms with van der Waals surface area (Å²) in [6.45, 7) is 2.81. The summed E-state index contributed by atoms with van der Waals surface area (Å²) in [5.41, 5.74) is 6.21. The van der Waals surface area contributed by atoms with Crippen molar-refractivity contribution >= 4 is 11.7 Å². The van der Waals surface area contributed by atoms with Gasteiger partial charge in [-0.05, 0) is 31.8 Å². The standard InChI is InChI=1S/C13H21N5O/c1-15-13-8-16-11(7-17-13)9-18-4-2-10(3-5-18)6-12(14)19/h7-8,10H,2-6,9H2,1H3,(H2,14,19)(H,15,17). The highest BCUT2D eigenvalue weighted by atomic mass is 16.1. The number of likely N-dealkylation sites (tertiary alicyclic amines) is 1. The Morgan fingerprint density at radius 2 is 2.16 bits per heavy atom. The van der Waals surface area contributed by atoms with E-state index in [0.717, 1.165) is 44.0 Å². The minimum absolute atomic E-state index is 0.188. The number of piperidine rings is 1. The van der Waals surface area contributed by atoms with Gasteiger partial charge in [-0.1, -0.05) is 0 Å². The Bertz CT molecular complexity index is 412. The Kier molecular flexibility index (Phi) is 4.68. The number of amides is 1. The number of primary amides is 1. The summed E-state index contributed by atoms with van der Waals surface area (Å²) < 4.78 is 0. The molecule has 0 radical (unpaired) electrons. The van der Waals surface area contributed by atoms with Crippen molar-refractivity contribution in [2.24, 2.45) is 11.7 Å². The Balaban J connectivity index is 1.80. The second kappa shape index (κ2) is 6.47. The van der Waals surface area contributed by atoms with Gasteiger partial charge in [0.2, 0.25) is 5.91 Å². The molecular formula is C13H21N5O. The summed E-state index contributed by atoms with van der Waals surface area (Å²) >= 11 is 0. The number of nitrogens with two attached hydrogens (primary N) is 1. The summed E-state index contributed by atoms with van der Waals surface area (Å²) in [4.78, 5) is 21.9. The van der Waals surface area contributed by atoms with E-state index in [2.05, 4.69) is 20.2 Å². The molecule has 3 N–H and O–H groups in total. The fraction of sp³-hybridized carbons (Fsp3) is 0.615. The minimum atomic E-state index is -0.188. The molecule has 1 aliphatic rings. The SMILES string of the molecule is CNc1cnc(CN2CCC(CC(N)=O)CC2)cn1. The number of nitrogens with zero attached hydrogens (tertiary/aromatic N) is 3. The number of aromatic nitrogens is 2. The molecule has 0 spiro atoms. The first kappa shape index (κ1) is 13.7. The normalized spacial score (nSPS) is 17.3. The van der Waals surface area contributed by atoms with E-state index in [1.807, 2.05) is 7.05 Å². The van der Waals surface area contributed by atoms with Gasteiger partial charge in [0.1, 0.15) is 5.82 Å². The molecule has 0 aromatic carbocycles. The molecule has 1 aliphatic heterocycles. The number of rotatable bonds is 5. The quantitative estimate of drug-likeness (QED) is 0.813. The van der Waals surface area contributed by atoms with Crippen molar-refractivity contribution in [2.75, 3.05) is 25.5 Å². The van der Waals surface area contributed by atoms with Crippen LogP contribution in [0.25, 0.3) is 0 Å². The van der Waals surface area contributed by atoms with E-state index in [1.165, 1.54) is 0 Å². The zero-order valence-corrected chi connectivity index (χ0v) is 11.3. The molecule has 0 bridgehead atoms. The highest BCUT2D eigenvalue weighted by molar-refractivity contribution is 5.73. The molecule has 1 fully saturated rings. The van der Waals surface area contributed by atoms with Gasteiger partial charge in [0.25, 0.3) is 0 Å². The van der Waals surface area contributed by atoms with Gasteiger partial charge in [0, 0.05) is 20.0 Å². The highest BCUT2D eigenvalue weighted by Gasteiger charge is 2.20. The Morgan fingerprint density at radius 1 is 1.42 bits per heavy atom. The second-order valence-electron chi connectivity index (χ2n) is 5.03. The van der Waals surface area contributed by atoms with Gasteiger partial charge in [-0.2, -0.15) is 0 Å². The van der Waals surface area contributed by atoms with Gasteiger partial charge in [0.15, 0.2) is 0 Å². The third-order valence-corrected chi connectivity index (χ3v) is 3.54. The molecule has 0 saturated carbocycles. The number of carbonyl (C=O) groups excluding carboxylic acids is 1. The lowest BCUT2D eigenvalue weighted by atomic mass is 9.93. The molecule has 19 heavy (non-hydrogen) atoms. The number of hydrogen-bond acceptors (Lipinski definition) is 5. The molecule has 1 aromatic heterocycles. The molecule has 1 amide bonds. The van der Waals surface area contributed by atoms with Crippen LogP contribution < -0.4 is 11.1 Å². The van der Waals surface area contributed by atoms with Crippen LogP contribution in [0.15, 0.2) is 12.4 Å². The summed E-state index contributed by atoms with van der Waals surface area (Å²) in [5, 5.41) is 2.95. The van der Waals surface area contributed by atoms with Crippen LogP contribution >= 0.6 is 0 Å². The number of anilines is 1. The van der Waals surface area contributed by atoms with E-state index < -0.39 is 0 Å². The van der Waals surface area contributed by atoms with Crippen molar-refractivity contribution in [2.45, 2.75) is 25.8 Å².